The van der Waals surface area contributed by atoms with Crippen LogP contribution in [0.15, 0.2) is 0 Å². The van der Waals surface area contributed by atoms with E-state index < -0.39 is 63.2 Å². The zero-order valence-corrected chi connectivity index (χ0v) is 27.0. The standard InChI is InChI=1S/C29H50N6O7S/c1-29(2,3)22(17-34(4)43(5,41)42)32-28(40)33-23(19-10-7-6-8-11-19)27(39)35-15-9-12-21(35)26(38)31-20(16-18-13-14-18)24(36)25(30)37/h18-23H,6-17H2,1-5H3,(H2,30,37)(H,31,38)(H2,32,33,40)/t20?,21-,22+,23-/m0/s1. The second kappa shape index (κ2) is 14.4. The lowest BCUT2D eigenvalue weighted by molar-refractivity contribution is -0.143. The number of ketones is 1. The van der Waals surface area contributed by atoms with Crippen LogP contribution < -0.4 is 21.7 Å². The van der Waals surface area contributed by atoms with Gasteiger partial charge in [0.1, 0.15) is 12.1 Å². The van der Waals surface area contributed by atoms with Gasteiger partial charge in [-0.1, -0.05) is 52.9 Å². The minimum atomic E-state index is -3.48. The molecule has 0 aromatic heterocycles. The molecule has 1 aliphatic heterocycles. The molecule has 14 heteroatoms. The Morgan fingerprint density at radius 2 is 1.56 bits per heavy atom. The Balaban J connectivity index is 1.76. The van der Waals surface area contributed by atoms with E-state index in [-0.39, 0.29) is 24.3 Å². The van der Waals surface area contributed by atoms with Crippen LogP contribution in [0.1, 0.15) is 85.0 Å². The first-order chi connectivity index (χ1) is 20.0. The zero-order valence-electron chi connectivity index (χ0n) is 26.2. The lowest BCUT2D eigenvalue weighted by Gasteiger charge is -2.37. The number of likely N-dealkylation sites (N-methyl/N-ethyl adjacent to an activating group) is 1. The summed E-state index contributed by atoms with van der Waals surface area (Å²) in [5.74, 6) is -2.68. The van der Waals surface area contributed by atoms with Gasteiger partial charge in [-0.25, -0.2) is 17.5 Å². The maximum atomic E-state index is 14.1. The van der Waals surface area contributed by atoms with E-state index in [4.69, 9.17) is 5.73 Å². The maximum absolute atomic E-state index is 14.1. The van der Waals surface area contributed by atoms with Crippen LogP contribution in [0.3, 0.4) is 0 Å². The van der Waals surface area contributed by atoms with Gasteiger partial charge in [0.15, 0.2) is 0 Å². The fourth-order valence-corrected chi connectivity index (χ4v) is 6.38. The van der Waals surface area contributed by atoms with Crippen molar-refractivity contribution in [2.45, 2.75) is 109 Å². The summed E-state index contributed by atoms with van der Waals surface area (Å²) in [6, 6.07) is -3.87. The van der Waals surface area contributed by atoms with Crippen molar-refractivity contribution in [1.29, 1.82) is 0 Å². The van der Waals surface area contributed by atoms with E-state index in [1.807, 2.05) is 20.8 Å². The molecule has 43 heavy (non-hydrogen) atoms. The highest BCUT2D eigenvalue weighted by molar-refractivity contribution is 7.88. The number of nitrogens with zero attached hydrogens (tertiary/aromatic N) is 2. The SMILES string of the molecule is CN(C[C@@H](NC(=O)N[C@H](C(=O)N1CCC[C@H]1C(=O)NC(CC1CC1)C(=O)C(N)=O)C1CCCCC1)C(C)(C)C)S(C)(=O)=O. The first kappa shape index (κ1) is 34.7. The number of primary amides is 1. The first-order valence-corrected chi connectivity index (χ1v) is 17.3. The molecule has 2 saturated carbocycles. The molecule has 0 bridgehead atoms. The molecule has 1 unspecified atom stereocenters. The second-order valence-electron chi connectivity index (χ2n) is 13.6. The third-order valence-corrected chi connectivity index (χ3v) is 10.3. The highest BCUT2D eigenvalue weighted by atomic mass is 32.2. The van der Waals surface area contributed by atoms with Gasteiger partial charge in [-0.3, -0.25) is 19.2 Å². The monoisotopic (exact) mass is 626 g/mol. The van der Waals surface area contributed by atoms with Crippen molar-refractivity contribution in [2.75, 3.05) is 26.4 Å². The smallest absolute Gasteiger partial charge is 0.315 e. The fraction of sp³-hybridized carbons (Fsp3) is 0.828. The van der Waals surface area contributed by atoms with Crippen molar-refractivity contribution in [1.82, 2.24) is 25.2 Å². The van der Waals surface area contributed by atoms with Gasteiger partial charge in [0.25, 0.3) is 5.91 Å². The number of Topliss-reactive ketones (excluding diaryl/α,β-unsaturated/α-hetero) is 1. The van der Waals surface area contributed by atoms with Crippen molar-refractivity contribution >= 4 is 39.6 Å². The van der Waals surface area contributed by atoms with E-state index in [1.165, 1.54) is 16.3 Å². The van der Waals surface area contributed by atoms with Crippen molar-refractivity contribution in [3.8, 4) is 0 Å². The molecule has 3 fully saturated rings. The van der Waals surface area contributed by atoms with E-state index in [1.54, 1.807) is 0 Å². The summed E-state index contributed by atoms with van der Waals surface area (Å²) in [7, 11) is -2.03. The van der Waals surface area contributed by atoms with Gasteiger partial charge in [-0.15, -0.1) is 0 Å². The van der Waals surface area contributed by atoms with Gasteiger partial charge >= 0.3 is 6.03 Å². The predicted octanol–water partition coefficient (Wildman–Crippen LogP) is 0.871. The fourth-order valence-electron chi connectivity index (χ4n) is 5.96. The minimum Gasteiger partial charge on any atom is -0.363 e. The number of rotatable bonds is 13. The van der Waals surface area contributed by atoms with E-state index >= 15 is 0 Å². The molecule has 5 N–H and O–H groups in total. The number of carbonyl (C=O) groups excluding carboxylic acids is 5. The number of hydrogen-bond donors (Lipinski definition) is 4. The van der Waals surface area contributed by atoms with Gasteiger partial charge in [0.2, 0.25) is 27.6 Å². The summed E-state index contributed by atoms with van der Waals surface area (Å²) in [6.07, 6.45) is 8.63. The zero-order chi connectivity index (χ0) is 32.1. The Bertz CT molecular complexity index is 1160. The summed E-state index contributed by atoms with van der Waals surface area (Å²) >= 11 is 0. The lowest BCUT2D eigenvalue weighted by atomic mass is 9.83. The van der Waals surface area contributed by atoms with Gasteiger partial charge in [0, 0.05) is 26.2 Å². The van der Waals surface area contributed by atoms with Crippen molar-refractivity contribution < 1.29 is 32.4 Å². The number of amides is 5. The van der Waals surface area contributed by atoms with E-state index in [9.17, 15) is 32.4 Å². The summed E-state index contributed by atoms with van der Waals surface area (Å²) in [4.78, 5) is 66.4. The Kier molecular flexibility index (Phi) is 11.6. The quantitative estimate of drug-likeness (QED) is 0.218. The molecule has 4 atom stereocenters. The summed E-state index contributed by atoms with van der Waals surface area (Å²) in [5, 5.41) is 8.48. The largest absolute Gasteiger partial charge is 0.363 e. The molecule has 0 radical (unpaired) electrons. The topological polar surface area (TPSA) is 188 Å². The average Bonchev–Trinajstić information content (AvgIpc) is 3.60. The van der Waals surface area contributed by atoms with E-state index in [2.05, 4.69) is 16.0 Å². The molecule has 13 nitrogen and oxygen atoms in total. The number of sulfonamides is 1. The maximum Gasteiger partial charge on any atom is 0.315 e. The molecule has 5 amide bonds. The summed E-state index contributed by atoms with van der Waals surface area (Å²) < 4.78 is 25.3. The van der Waals surface area contributed by atoms with Crippen LogP contribution in [-0.2, 0) is 29.2 Å². The molecular weight excluding hydrogens is 576 g/mol. The number of carbonyl (C=O) groups is 5. The third kappa shape index (κ3) is 9.88. The first-order valence-electron chi connectivity index (χ1n) is 15.4. The third-order valence-electron chi connectivity index (χ3n) is 9.01. The number of likely N-dealkylation sites (tertiary alicyclic amines) is 1. The van der Waals surface area contributed by atoms with E-state index in [0.717, 1.165) is 51.2 Å². The predicted molar refractivity (Wildman–Crippen MR) is 161 cm³/mol. The van der Waals surface area contributed by atoms with Crippen molar-refractivity contribution in [3.63, 3.8) is 0 Å². The molecule has 244 valence electrons. The van der Waals surface area contributed by atoms with Crippen LogP contribution in [0.4, 0.5) is 4.79 Å². The van der Waals surface area contributed by atoms with Crippen molar-refractivity contribution in [3.05, 3.63) is 0 Å². The molecule has 3 rings (SSSR count). The Labute approximate surface area is 255 Å². The highest BCUT2D eigenvalue weighted by Gasteiger charge is 2.43. The molecule has 2 aliphatic carbocycles. The number of nitrogens with one attached hydrogen (secondary N) is 3. The molecular formula is C29H50N6O7S. The normalized spacial score (nSPS) is 22.0. The van der Waals surface area contributed by atoms with Crippen LogP contribution >= 0.6 is 0 Å². The second-order valence-corrected chi connectivity index (χ2v) is 15.7. The molecule has 0 aromatic rings. The summed E-state index contributed by atoms with van der Waals surface area (Å²) in [6.45, 7) is 6.06. The lowest BCUT2D eigenvalue weighted by Crippen LogP contribution is -2.60. The molecule has 3 aliphatic rings. The van der Waals surface area contributed by atoms with Crippen LogP contribution in [0.25, 0.3) is 0 Å². The van der Waals surface area contributed by atoms with Gasteiger partial charge < -0.3 is 26.6 Å². The number of nitrogens with two attached hydrogens (primary N) is 1. The van der Waals surface area contributed by atoms with Gasteiger partial charge in [0.05, 0.1) is 12.3 Å². The Hall–Kier alpha value is -2.74. The van der Waals surface area contributed by atoms with Crippen molar-refractivity contribution in [2.24, 2.45) is 23.0 Å². The Morgan fingerprint density at radius 1 is 0.930 bits per heavy atom. The molecule has 1 heterocycles. The van der Waals surface area contributed by atoms with E-state index in [0.29, 0.717) is 25.8 Å². The molecule has 1 saturated heterocycles. The van der Waals surface area contributed by atoms with Gasteiger partial charge in [-0.2, -0.15) is 0 Å². The molecule has 0 spiro atoms. The number of hydrogen-bond acceptors (Lipinski definition) is 7. The molecule has 0 aromatic carbocycles. The number of urea groups is 1. The average molecular weight is 627 g/mol. The van der Waals surface area contributed by atoms with Crippen LogP contribution in [0, 0.1) is 17.3 Å². The van der Waals surface area contributed by atoms with Crippen LogP contribution in [0.2, 0.25) is 0 Å². The minimum absolute atomic E-state index is 0.0538. The van der Waals surface area contributed by atoms with Crippen LogP contribution in [-0.4, -0.2) is 97.7 Å². The van der Waals surface area contributed by atoms with Crippen LogP contribution in [0.5, 0.6) is 0 Å². The Morgan fingerprint density at radius 3 is 2.09 bits per heavy atom. The highest BCUT2D eigenvalue weighted by Crippen LogP contribution is 2.34. The van der Waals surface area contributed by atoms with Gasteiger partial charge in [-0.05, 0) is 49.4 Å². The summed E-state index contributed by atoms with van der Waals surface area (Å²) in [5.41, 5.74) is 4.74.